The van der Waals surface area contributed by atoms with Gasteiger partial charge in [-0.3, -0.25) is 4.98 Å². The SMILES string of the molecule is CONCCCCCCCCCCC#CCCCCc1cccnc1. The lowest BCUT2D eigenvalue weighted by Gasteiger charge is -2.02. The van der Waals surface area contributed by atoms with E-state index in [1.807, 2.05) is 18.5 Å². The summed E-state index contributed by atoms with van der Waals surface area (Å²) in [4.78, 5) is 8.96. The van der Waals surface area contributed by atoms with E-state index in [1.54, 1.807) is 7.11 Å². The highest BCUT2D eigenvalue weighted by atomic mass is 16.6. The maximum atomic E-state index is 4.82. The van der Waals surface area contributed by atoms with Crippen LogP contribution in [0.1, 0.15) is 82.6 Å². The summed E-state index contributed by atoms with van der Waals surface area (Å²) < 4.78 is 0. The zero-order valence-corrected chi connectivity index (χ0v) is 16.1. The Bertz CT molecular complexity index is 450. The molecular formula is C22H36N2O. The van der Waals surface area contributed by atoms with Crippen LogP contribution in [-0.4, -0.2) is 18.6 Å². The third-order valence-corrected chi connectivity index (χ3v) is 4.34. The van der Waals surface area contributed by atoms with E-state index < -0.39 is 0 Å². The zero-order valence-electron chi connectivity index (χ0n) is 16.1. The molecule has 0 spiro atoms. The van der Waals surface area contributed by atoms with Crippen molar-refractivity contribution in [3.63, 3.8) is 0 Å². The Kier molecular flexibility index (Phi) is 15.1. The van der Waals surface area contributed by atoms with E-state index in [0.717, 1.165) is 25.8 Å². The van der Waals surface area contributed by atoms with E-state index in [-0.39, 0.29) is 0 Å². The van der Waals surface area contributed by atoms with Crippen molar-refractivity contribution in [2.75, 3.05) is 13.7 Å². The largest absolute Gasteiger partial charge is 0.305 e. The number of nitrogens with one attached hydrogen (secondary N) is 1. The standard InChI is InChI=1S/C22H36N2O/c1-25-24-20-15-13-11-9-7-5-3-2-4-6-8-10-12-14-17-22-18-16-19-23-21-22/h16,18-19,21,24H,2-5,7,9-15,17,20H2,1H3. The molecule has 25 heavy (non-hydrogen) atoms. The molecule has 1 aromatic rings. The Hall–Kier alpha value is -1.37. The molecule has 0 radical (unpaired) electrons. The van der Waals surface area contributed by atoms with Gasteiger partial charge in [0.1, 0.15) is 0 Å². The van der Waals surface area contributed by atoms with Gasteiger partial charge < -0.3 is 4.84 Å². The topological polar surface area (TPSA) is 34.1 Å². The second-order valence-corrected chi connectivity index (χ2v) is 6.60. The molecule has 0 unspecified atom stereocenters. The second kappa shape index (κ2) is 17.5. The third kappa shape index (κ3) is 14.7. The fourth-order valence-corrected chi connectivity index (χ4v) is 2.84. The molecule has 1 N–H and O–H groups in total. The quantitative estimate of drug-likeness (QED) is 0.261. The number of pyridine rings is 1. The summed E-state index contributed by atoms with van der Waals surface area (Å²) in [6, 6.07) is 4.16. The summed E-state index contributed by atoms with van der Waals surface area (Å²) >= 11 is 0. The highest BCUT2D eigenvalue weighted by Crippen LogP contribution is 2.09. The first-order valence-electron chi connectivity index (χ1n) is 10.0. The highest BCUT2D eigenvalue weighted by molar-refractivity contribution is 5.08. The third-order valence-electron chi connectivity index (χ3n) is 4.34. The fraction of sp³-hybridized carbons (Fsp3) is 0.682. The first-order valence-corrected chi connectivity index (χ1v) is 10.0. The van der Waals surface area contributed by atoms with Crippen molar-refractivity contribution < 1.29 is 4.84 Å². The lowest BCUT2D eigenvalue weighted by molar-refractivity contribution is 0.0904. The summed E-state index contributed by atoms with van der Waals surface area (Å²) in [5, 5.41) is 0. The molecule has 0 aliphatic carbocycles. The van der Waals surface area contributed by atoms with Crippen LogP contribution in [0.3, 0.4) is 0 Å². The van der Waals surface area contributed by atoms with Gasteiger partial charge in [0, 0.05) is 31.8 Å². The predicted molar refractivity (Wildman–Crippen MR) is 106 cm³/mol. The van der Waals surface area contributed by atoms with Crippen molar-refractivity contribution in [3.05, 3.63) is 30.1 Å². The summed E-state index contributed by atoms with van der Waals surface area (Å²) in [6.07, 6.45) is 20.0. The summed E-state index contributed by atoms with van der Waals surface area (Å²) in [6.45, 7) is 0.971. The Morgan fingerprint density at radius 2 is 1.52 bits per heavy atom. The van der Waals surface area contributed by atoms with E-state index >= 15 is 0 Å². The van der Waals surface area contributed by atoms with Crippen LogP contribution in [-0.2, 0) is 11.3 Å². The van der Waals surface area contributed by atoms with Crippen LogP contribution in [0.4, 0.5) is 0 Å². The Morgan fingerprint density at radius 3 is 2.16 bits per heavy atom. The molecule has 0 saturated heterocycles. The summed E-state index contributed by atoms with van der Waals surface area (Å²) in [5.74, 6) is 6.66. The first-order chi connectivity index (χ1) is 12.4. The van der Waals surface area contributed by atoms with E-state index in [1.165, 1.54) is 69.8 Å². The van der Waals surface area contributed by atoms with Crippen molar-refractivity contribution >= 4 is 0 Å². The molecular weight excluding hydrogens is 308 g/mol. The van der Waals surface area contributed by atoms with Crippen molar-refractivity contribution in [1.29, 1.82) is 0 Å². The Balaban J connectivity index is 1.77. The van der Waals surface area contributed by atoms with E-state index in [2.05, 4.69) is 28.4 Å². The highest BCUT2D eigenvalue weighted by Gasteiger charge is 1.93. The number of unbranched alkanes of at least 4 members (excludes halogenated alkanes) is 10. The molecule has 0 aromatic carbocycles. The van der Waals surface area contributed by atoms with E-state index in [9.17, 15) is 0 Å². The monoisotopic (exact) mass is 344 g/mol. The molecule has 1 heterocycles. The van der Waals surface area contributed by atoms with Crippen LogP contribution in [0.25, 0.3) is 0 Å². The van der Waals surface area contributed by atoms with E-state index in [0.29, 0.717) is 0 Å². The molecule has 1 rings (SSSR count). The van der Waals surface area contributed by atoms with Gasteiger partial charge in [0.05, 0.1) is 7.11 Å². The van der Waals surface area contributed by atoms with E-state index in [4.69, 9.17) is 4.84 Å². The molecule has 0 saturated carbocycles. The van der Waals surface area contributed by atoms with Crippen LogP contribution in [0, 0.1) is 11.8 Å². The van der Waals surface area contributed by atoms with Crippen LogP contribution < -0.4 is 5.48 Å². The first kappa shape index (κ1) is 21.7. The van der Waals surface area contributed by atoms with Gasteiger partial charge in [0.25, 0.3) is 0 Å². The number of aryl methyl sites for hydroxylation is 1. The lowest BCUT2D eigenvalue weighted by atomic mass is 10.1. The van der Waals surface area contributed by atoms with Gasteiger partial charge in [-0.05, 0) is 43.7 Å². The lowest BCUT2D eigenvalue weighted by Crippen LogP contribution is -2.12. The van der Waals surface area contributed by atoms with Crippen LogP contribution in [0.5, 0.6) is 0 Å². The van der Waals surface area contributed by atoms with Crippen molar-refractivity contribution in [3.8, 4) is 11.8 Å². The van der Waals surface area contributed by atoms with Crippen molar-refractivity contribution in [1.82, 2.24) is 10.5 Å². The molecule has 0 aliphatic heterocycles. The second-order valence-electron chi connectivity index (χ2n) is 6.60. The summed E-state index contributed by atoms with van der Waals surface area (Å²) in [5.41, 5.74) is 4.22. The minimum absolute atomic E-state index is 0.971. The van der Waals surface area contributed by atoms with Crippen LogP contribution >= 0.6 is 0 Å². The van der Waals surface area contributed by atoms with Gasteiger partial charge in [-0.1, -0.05) is 44.6 Å². The zero-order chi connectivity index (χ0) is 17.8. The predicted octanol–water partition coefficient (Wildman–Crippen LogP) is 5.46. The van der Waals surface area contributed by atoms with Crippen molar-refractivity contribution in [2.45, 2.75) is 83.5 Å². The van der Waals surface area contributed by atoms with Crippen LogP contribution in [0.15, 0.2) is 24.5 Å². The van der Waals surface area contributed by atoms with Gasteiger partial charge >= 0.3 is 0 Å². The van der Waals surface area contributed by atoms with Gasteiger partial charge in [-0.15, -0.1) is 11.8 Å². The number of rotatable bonds is 15. The minimum atomic E-state index is 0.971. The number of hydrogen-bond acceptors (Lipinski definition) is 3. The maximum Gasteiger partial charge on any atom is 0.0572 e. The number of nitrogens with zero attached hydrogens (tertiary/aromatic N) is 1. The van der Waals surface area contributed by atoms with Gasteiger partial charge in [-0.25, -0.2) is 5.48 Å². The van der Waals surface area contributed by atoms with Crippen molar-refractivity contribution in [2.24, 2.45) is 0 Å². The van der Waals surface area contributed by atoms with Gasteiger partial charge in [0.2, 0.25) is 0 Å². The fourth-order valence-electron chi connectivity index (χ4n) is 2.84. The van der Waals surface area contributed by atoms with Gasteiger partial charge in [-0.2, -0.15) is 0 Å². The maximum absolute atomic E-state index is 4.82. The molecule has 0 bridgehead atoms. The summed E-state index contributed by atoms with van der Waals surface area (Å²) in [7, 11) is 1.67. The molecule has 3 heteroatoms. The smallest absolute Gasteiger partial charge is 0.0572 e. The van der Waals surface area contributed by atoms with Crippen LogP contribution in [0.2, 0.25) is 0 Å². The average molecular weight is 345 g/mol. The molecule has 0 atom stereocenters. The normalized spacial score (nSPS) is 10.4. The average Bonchev–Trinajstić information content (AvgIpc) is 2.65. The molecule has 0 fully saturated rings. The number of hydroxylamine groups is 1. The minimum Gasteiger partial charge on any atom is -0.305 e. The number of hydrogen-bond donors (Lipinski definition) is 1. The van der Waals surface area contributed by atoms with Gasteiger partial charge in [0.15, 0.2) is 0 Å². The molecule has 1 aromatic heterocycles. The Labute approximate surface area is 154 Å². The number of aromatic nitrogens is 1. The molecule has 0 aliphatic rings. The molecule has 3 nitrogen and oxygen atoms in total. The molecule has 140 valence electrons. The Morgan fingerprint density at radius 1 is 0.880 bits per heavy atom. The molecule has 0 amide bonds.